The first-order chi connectivity index (χ1) is 14.7. The number of rotatable bonds is 3. The highest BCUT2D eigenvalue weighted by molar-refractivity contribution is 6.31. The van der Waals surface area contributed by atoms with Gasteiger partial charge in [0.2, 0.25) is 6.30 Å². The van der Waals surface area contributed by atoms with Crippen LogP contribution in [0.4, 0.5) is 13.2 Å². The summed E-state index contributed by atoms with van der Waals surface area (Å²) in [6.07, 6.45) is -2.78. The Kier molecular flexibility index (Phi) is 5.47. The molecule has 2 aromatic carbocycles. The van der Waals surface area contributed by atoms with Gasteiger partial charge in [0.15, 0.2) is 17.7 Å². The van der Waals surface area contributed by atoms with Crippen molar-refractivity contribution >= 4 is 23.4 Å². The third-order valence-corrected chi connectivity index (χ3v) is 5.85. The summed E-state index contributed by atoms with van der Waals surface area (Å²) in [4.78, 5) is 27.3. The fourth-order valence-electron chi connectivity index (χ4n) is 3.96. The van der Waals surface area contributed by atoms with Gasteiger partial charge >= 0.3 is 0 Å². The van der Waals surface area contributed by atoms with E-state index in [0.29, 0.717) is 17.7 Å². The van der Waals surface area contributed by atoms with Crippen LogP contribution in [0.25, 0.3) is 0 Å². The maximum Gasteiger partial charge on any atom is 0.258 e. The van der Waals surface area contributed by atoms with E-state index in [4.69, 9.17) is 11.6 Å². The predicted octanol–water partition coefficient (Wildman–Crippen LogP) is 3.96. The van der Waals surface area contributed by atoms with Crippen molar-refractivity contribution in [2.75, 3.05) is 13.1 Å². The number of aromatic hydroxyl groups is 2. The topological polar surface area (TPSA) is 81.1 Å². The number of hydrogen-bond donors (Lipinski definition) is 2. The van der Waals surface area contributed by atoms with E-state index in [1.807, 2.05) is 0 Å². The van der Waals surface area contributed by atoms with E-state index in [-0.39, 0.29) is 34.8 Å². The first kappa shape index (κ1) is 21.3. The second-order valence-electron chi connectivity index (χ2n) is 7.56. The summed E-state index contributed by atoms with van der Waals surface area (Å²) in [5, 5.41) is 19.8. The molecule has 2 aromatic rings. The number of phenolic OH excluding ortho intramolecular Hbond substituents is 2. The summed E-state index contributed by atoms with van der Waals surface area (Å²) in [5.74, 6) is -3.38. The van der Waals surface area contributed by atoms with Crippen LogP contribution in [0.15, 0.2) is 30.3 Å². The van der Waals surface area contributed by atoms with Crippen LogP contribution in [-0.4, -0.2) is 57.4 Å². The Balaban J connectivity index is 1.59. The molecule has 3 atom stereocenters. The molecule has 3 unspecified atom stereocenters. The molecule has 2 amide bonds. The smallest absolute Gasteiger partial charge is 0.258 e. The molecule has 0 spiro atoms. The molecular weight excluding hydrogens is 437 g/mol. The summed E-state index contributed by atoms with van der Waals surface area (Å²) in [7, 11) is 0. The molecule has 2 aliphatic rings. The molecule has 0 saturated carbocycles. The van der Waals surface area contributed by atoms with E-state index < -0.39 is 47.6 Å². The van der Waals surface area contributed by atoms with Crippen LogP contribution < -0.4 is 0 Å². The number of alkyl halides is 2. The Labute approximate surface area is 180 Å². The monoisotopic (exact) mass is 454 g/mol. The number of carbonyl (C=O) groups excluding carboxylic acids is 2. The molecule has 2 fully saturated rings. The van der Waals surface area contributed by atoms with E-state index >= 15 is 0 Å². The molecule has 2 N–H and O–H groups in total. The van der Waals surface area contributed by atoms with Crippen molar-refractivity contribution < 1.29 is 33.0 Å². The quantitative estimate of drug-likeness (QED) is 0.543. The van der Waals surface area contributed by atoms with Crippen LogP contribution >= 0.6 is 11.6 Å². The summed E-state index contributed by atoms with van der Waals surface area (Å²) < 4.78 is 41.4. The highest BCUT2D eigenvalue weighted by atomic mass is 35.5. The number of phenols is 2. The zero-order valence-electron chi connectivity index (χ0n) is 16.1. The number of likely N-dealkylation sites (tertiary alicyclic amines) is 2. The minimum atomic E-state index is -2.04. The molecule has 6 nitrogen and oxygen atoms in total. The van der Waals surface area contributed by atoms with Crippen molar-refractivity contribution in [3.8, 4) is 11.5 Å². The Bertz CT molecular complexity index is 1070. The number of nitrogens with zero attached hydrogens (tertiary/aromatic N) is 2. The SMILES string of the molecule is O=C(c1cc(Cl)cc(O)c1O)N1CCCC1c1ccc(C(=O)N2CC(F)C2F)cc1F. The molecule has 0 aliphatic carbocycles. The third kappa shape index (κ3) is 3.67. The number of hydrogen-bond acceptors (Lipinski definition) is 4. The lowest BCUT2D eigenvalue weighted by Crippen LogP contribution is -2.58. The molecule has 10 heteroatoms. The molecule has 2 aliphatic heterocycles. The van der Waals surface area contributed by atoms with Gasteiger partial charge in [-0.05, 0) is 31.0 Å². The third-order valence-electron chi connectivity index (χ3n) is 5.63. The summed E-state index contributed by atoms with van der Waals surface area (Å²) in [6.45, 7) is -0.101. The van der Waals surface area contributed by atoms with Gasteiger partial charge in [0.1, 0.15) is 5.82 Å². The number of halogens is 4. The number of carbonyl (C=O) groups is 2. The summed E-state index contributed by atoms with van der Waals surface area (Å²) >= 11 is 5.87. The van der Waals surface area contributed by atoms with Crippen molar-refractivity contribution in [3.63, 3.8) is 0 Å². The highest BCUT2D eigenvalue weighted by Crippen LogP contribution is 2.39. The van der Waals surface area contributed by atoms with Crippen LogP contribution in [0, 0.1) is 5.82 Å². The average Bonchev–Trinajstić information content (AvgIpc) is 3.22. The Hall–Kier alpha value is -2.94. The molecule has 2 saturated heterocycles. The average molecular weight is 455 g/mol. The van der Waals surface area contributed by atoms with Gasteiger partial charge in [0.05, 0.1) is 18.2 Å². The molecule has 31 heavy (non-hydrogen) atoms. The second-order valence-corrected chi connectivity index (χ2v) is 8.00. The fourth-order valence-corrected chi connectivity index (χ4v) is 4.17. The van der Waals surface area contributed by atoms with E-state index in [1.165, 1.54) is 23.1 Å². The van der Waals surface area contributed by atoms with Gasteiger partial charge in [-0.3, -0.25) is 9.59 Å². The lowest BCUT2D eigenvalue weighted by molar-refractivity contribution is -0.0642. The molecule has 164 valence electrons. The first-order valence-electron chi connectivity index (χ1n) is 9.60. The van der Waals surface area contributed by atoms with Gasteiger partial charge in [-0.15, -0.1) is 0 Å². The van der Waals surface area contributed by atoms with Crippen molar-refractivity contribution in [2.24, 2.45) is 0 Å². The van der Waals surface area contributed by atoms with E-state index in [1.54, 1.807) is 0 Å². The van der Waals surface area contributed by atoms with Crippen LogP contribution in [0.3, 0.4) is 0 Å². The van der Waals surface area contributed by atoms with Gasteiger partial charge in [0, 0.05) is 28.8 Å². The standard InChI is InChI=1S/C21H18ClF3N2O4/c22-11-7-13(18(29)17(28)8-11)21(31)26-5-1-2-16(26)12-4-3-10(6-14(12)23)20(30)27-9-15(24)19(27)25/h3-4,6-8,15-16,19,28-29H,1-2,5,9H2. The van der Waals surface area contributed by atoms with Gasteiger partial charge < -0.3 is 20.0 Å². The molecular formula is C21H18ClF3N2O4. The lowest BCUT2D eigenvalue weighted by Gasteiger charge is -2.38. The maximum atomic E-state index is 14.9. The predicted molar refractivity (Wildman–Crippen MR) is 105 cm³/mol. The van der Waals surface area contributed by atoms with Crippen LogP contribution in [-0.2, 0) is 0 Å². The Morgan fingerprint density at radius 2 is 1.81 bits per heavy atom. The zero-order valence-corrected chi connectivity index (χ0v) is 16.8. The normalized spacial score (nSPS) is 23.0. The number of amides is 2. The summed E-state index contributed by atoms with van der Waals surface area (Å²) in [5.41, 5.74) is -0.183. The van der Waals surface area contributed by atoms with Crippen LogP contribution in [0.2, 0.25) is 5.02 Å². The Morgan fingerprint density at radius 1 is 1.06 bits per heavy atom. The zero-order chi connectivity index (χ0) is 22.4. The lowest BCUT2D eigenvalue weighted by atomic mass is 10.00. The molecule has 4 rings (SSSR count). The van der Waals surface area contributed by atoms with Crippen LogP contribution in [0.5, 0.6) is 11.5 Å². The van der Waals surface area contributed by atoms with E-state index in [2.05, 4.69) is 0 Å². The first-order valence-corrected chi connectivity index (χ1v) is 9.98. The molecule has 0 aromatic heterocycles. The van der Waals surface area contributed by atoms with E-state index in [0.717, 1.165) is 12.1 Å². The van der Waals surface area contributed by atoms with Gasteiger partial charge in [-0.2, -0.15) is 0 Å². The summed E-state index contributed by atoms with van der Waals surface area (Å²) in [6, 6.07) is 5.22. The Morgan fingerprint density at radius 3 is 2.45 bits per heavy atom. The van der Waals surface area contributed by atoms with Crippen molar-refractivity contribution in [1.82, 2.24) is 9.80 Å². The largest absolute Gasteiger partial charge is 0.504 e. The van der Waals surface area contributed by atoms with Gasteiger partial charge in [-0.1, -0.05) is 17.7 Å². The van der Waals surface area contributed by atoms with Crippen molar-refractivity contribution in [3.05, 3.63) is 57.9 Å². The number of benzene rings is 2. The molecule has 0 radical (unpaired) electrons. The molecule has 2 heterocycles. The fraction of sp³-hybridized carbons (Fsp3) is 0.333. The molecule has 0 bridgehead atoms. The highest BCUT2D eigenvalue weighted by Gasteiger charge is 2.43. The van der Waals surface area contributed by atoms with Gasteiger partial charge in [-0.25, -0.2) is 13.2 Å². The minimum absolute atomic E-state index is 0.0520. The van der Waals surface area contributed by atoms with Crippen LogP contribution in [0.1, 0.15) is 45.2 Å². The van der Waals surface area contributed by atoms with Gasteiger partial charge in [0.25, 0.3) is 11.8 Å². The maximum absolute atomic E-state index is 14.9. The second kappa shape index (κ2) is 7.96. The van der Waals surface area contributed by atoms with Crippen molar-refractivity contribution in [2.45, 2.75) is 31.4 Å². The minimum Gasteiger partial charge on any atom is -0.504 e. The van der Waals surface area contributed by atoms with E-state index in [9.17, 15) is 33.0 Å². The van der Waals surface area contributed by atoms with Crippen molar-refractivity contribution in [1.29, 1.82) is 0 Å².